The number of pyridine rings is 3. The third kappa shape index (κ3) is 4.21. The number of allylic oxidation sites excluding steroid dienone is 2. The minimum Gasteiger partial charge on any atom is -0.379 e. The number of hydrogen-bond acceptors (Lipinski definition) is 4. The van der Waals surface area contributed by atoms with Crippen LogP contribution in [0, 0.1) is 0 Å². The zero-order valence-electron chi connectivity index (χ0n) is 22.8. The fourth-order valence-corrected chi connectivity index (χ4v) is 5.94. The lowest BCUT2D eigenvalue weighted by molar-refractivity contribution is 0.721. The number of hydrogen-bond donors (Lipinski definition) is 1. The van der Waals surface area contributed by atoms with Gasteiger partial charge in [0.25, 0.3) is 0 Å². The Balaban J connectivity index is 1.25. The smallest absolute Gasteiger partial charge is 0.0886 e. The second-order valence-electron chi connectivity index (χ2n) is 10.6. The molecule has 0 aliphatic carbocycles. The highest BCUT2D eigenvalue weighted by molar-refractivity contribution is 6.26. The number of nitrogens with one attached hydrogen (secondary N) is 1. The van der Waals surface area contributed by atoms with Gasteiger partial charge < -0.3 is 5.32 Å². The third-order valence-electron chi connectivity index (χ3n) is 8.09. The maximum absolute atomic E-state index is 4.79. The highest BCUT2D eigenvalue weighted by Crippen LogP contribution is 2.39. The molecule has 0 spiro atoms. The molecule has 198 valence electrons. The van der Waals surface area contributed by atoms with E-state index in [1.807, 2.05) is 48.9 Å². The molecule has 0 saturated carbocycles. The van der Waals surface area contributed by atoms with Crippen LogP contribution < -0.4 is 5.32 Å². The first kappa shape index (κ1) is 24.2. The first-order valence-electron chi connectivity index (χ1n) is 14.1. The van der Waals surface area contributed by atoms with Crippen LogP contribution in [-0.4, -0.2) is 15.0 Å². The molecule has 4 nitrogen and oxygen atoms in total. The molecule has 0 fully saturated rings. The maximum atomic E-state index is 4.79. The Labute approximate surface area is 243 Å². The SMILES string of the molecule is C1=CNC(c2ccc(-c3ccc4c5ccccc5c5ccc(-c6ccc(-c7ccccn7)nc6)cc5c4c3)cn2)C=C1. The number of fused-ring (bicyclic) bond motifs is 6. The maximum Gasteiger partial charge on any atom is 0.0886 e. The van der Waals surface area contributed by atoms with Crippen LogP contribution in [0.4, 0.5) is 0 Å². The summed E-state index contributed by atoms with van der Waals surface area (Å²) in [6.07, 6.45) is 13.8. The predicted molar refractivity (Wildman–Crippen MR) is 173 cm³/mol. The molecule has 1 atom stereocenters. The van der Waals surface area contributed by atoms with Gasteiger partial charge in [-0.2, -0.15) is 0 Å². The van der Waals surface area contributed by atoms with Crippen LogP contribution in [-0.2, 0) is 0 Å². The number of aromatic nitrogens is 3. The van der Waals surface area contributed by atoms with Crippen LogP contribution in [0.3, 0.4) is 0 Å². The number of dihydropyridines is 1. The van der Waals surface area contributed by atoms with E-state index in [1.165, 1.54) is 32.3 Å². The van der Waals surface area contributed by atoms with Gasteiger partial charge in [-0.25, -0.2) is 0 Å². The number of nitrogens with zero attached hydrogens (tertiary/aromatic N) is 3. The summed E-state index contributed by atoms with van der Waals surface area (Å²) >= 11 is 0. The van der Waals surface area contributed by atoms with Crippen molar-refractivity contribution >= 4 is 32.3 Å². The van der Waals surface area contributed by atoms with Gasteiger partial charge in [0.1, 0.15) is 0 Å². The molecule has 0 radical (unpaired) electrons. The van der Waals surface area contributed by atoms with Gasteiger partial charge in [0.05, 0.1) is 23.1 Å². The van der Waals surface area contributed by atoms with Crippen LogP contribution in [0.15, 0.2) is 146 Å². The molecule has 8 rings (SSSR count). The fraction of sp³-hybridized carbons (Fsp3) is 0.0263. The standard InChI is InChI=1S/C38H26N4/c1-2-8-30-29(7-1)31-15-11-25(27-13-17-37(41-23-27)35-9-3-5-19-39-35)21-33(31)34-22-26(12-16-32(30)34)28-14-18-38(42-24-28)36-10-4-6-20-40-36/h1-24,35,39H. The predicted octanol–water partition coefficient (Wildman–Crippen LogP) is 9.05. The van der Waals surface area contributed by atoms with Crippen molar-refractivity contribution in [3.63, 3.8) is 0 Å². The molecule has 0 saturated heterocycles. The quantitative estimate of drug-likeness (QED) is 0.227. The van der Waals surface area contributed by atoms with E-state index in [4.69, 9.17) is 9.97 Å². The molecule has 1 N–H and O–H groups in total. The molecular formula is C38H26N4. The molecule has 4 heteroatoms. The molecule has 7 aromatic rings. The van der Waals surface area contributed by atoms with Crippen LogP contribution in [0.2, 0.25) is 0 Å². The summed E-state index contributed by atoms with van der Waals surface area (Å²) in [5, 5.41) is 10.8. The lowest BCUT2D eigenvalue weighted by Gasteiger charge is -2.16. The molecule has 4 heterocycles. The topological polar surface area (TPSA) is 50.7 Å². The lowest BCUT2D eigenvalue weighted by atomic mass is 9.90. The Morgan fingerprint density at radius 3 is 1.67 bits per heavy atom. The molecule has 0 amide bonds. The second kappa shape index (κ2) is 10.1. The van der Waals surface area contributed by atoms with Crippen LogP contribution >= 0.6 is 0 Å². The fourth-order valence-electron chi connectivity index (χ4n) is 5.94. The van der Waals surface area contributed by atoms with E-state index in [2.05, 4.69) is 101 Å². The van der Waals surface area contributed by atoms with E-state index in [1.54, 1.807) is 6.20 Å². The average Bonchev–Trinajstić information content (AvgIpc) is 3.09. The molecule has 1 aliphatic rings. The van der Waals surface area contributed by atoms with Crippen molar-refractivity contribution in [2.75, 3.05) is 0 Å². The molecular weight excluding hydrogens is 512 g/mol. The van der Waals surface area contributed by atoms with Gasteiger partial charge in [-0.05, 0) is 92.1 Å². The highest BCUT2D eigenvalue weighted by Gasteiger charge is 2.13. The van der Waals surface area contributed by atoms with Gasteiger partial charge in [-0.1, -0.05) is 78.9 Å². The van der Waals surface area contributed by atoms with Crippen LogP contribution in [0.1, 0.15) is 11.7 Å². The van der Waals surface area contributed by atoms with Crippen molar-refractivity contribution in [1.29, 1.82) is 0 Å². The Kier molecular flexibility index (Phi) is 5.82. The normalized spacial score (nSPS) is 14.4. The number of rotatable bonds is 4. The highest BCUT2D eigenvalue weighted by atomic mass is 14.9. The molecule has 0 bridgehead atoms. The second-order valence-corrected chi connectivity index (χ2v) is 10.6. The van der Waals surface area contributed by atoms with Gasteiger partial charge in [0.2, 0.25) is 0 Å². The van der Waals surface area contributed by atoms with Crippen LogP contribution in [0.25, 0.3) is 66.0 Å². The van der Waals surface area contributed by atoms with Crippen molar-refractivity contribution in [2.24, 2.45) is 0 Å². The van der Waals surface area contributed by atoms with E-state index < -0.39 is 0 Å². The molecule has 3 aromatic heterocycles. The average molecular weight is 539 g/mol. The van der Waals surface area contributed by atoms with E-state index >= 15 is 0 Å². The molecule has 1 unspecified atom stereocenters. The molecule has 42 heavy (non-hydrogen) atoms. The Bertz CT molecular complexity index is 2150. The molecule has 1 aliphatic heterocycles. The van der Waals surface area contributed by atoms with Crippen molar-refractivity contribution < 1.29 is 0 Å². The van der Waals surface area contributed by atoms with Gasteiger partial charge in [0.15, 0.2) is 0 Å². The van der Waals surface area contributed by atoms with Crippen molar-refractivity contribution in [3.8, 4) is 33.6 Å². The zero-order chi connectivity index (χ0) is 27.9. The third-order valence-corrected chi connectivity index (χ3v) is 8.09. The Morgan fingerprint density at radius 2 is 1.10 bits per heavy atom. The van der Waals surface area contributed by atoms with Gasteiger partial charge in [0, 0.05) is 29.7 Å². The summed E-state index contributed by atoms with van der Waals surface area (Å²) in [4.78, 5) is 14.0. The summed E-state index contributed by atoms with van der Waals surface area (Å²) in [7, 11) is 0. The van der Waals surface area contributed by atoms with E-state index in [0.29, 0.717) is 0 Å². The number of benzene rings is 4. The summed E-state index contributed by atoms with van der Waals surface area (Å²) in [5.41, 5.74) is 7.21. The minimum absolute atomic E-state index is 0.0990. The zero-order valence-corrected chi connectivity index (χ0v) is 22.8. The van der Waals surface area contributed by atoms with Crippen molar-refractivity contribution in [2.45, 2.75) is 6.04 Å². The first-order valence-corrected chi connectivity index (χ1v) is 14.1. The van der Waals surface area contributed by atoms with Crippen LogP contribution in [0.5, 0.6) is 0 Å². The van der Waals surface area contributed by atoms with E-state index in [-0.39, 0.29) is 6.04 Å². The Morgan fingerprint density at radius 1 is 0.476 bits per heavy atom. The van der Waals surface area contributed by atoms with Gasteiger partial charge in [-0.15, -0.1) is 0 Å². The van der Waals surface area contributed by atoms with Crippen molar-refractivity contribution in [1.82, 2.24) is 20.3 Å². The summed E-state index contributed by atoms with van der Waals surface area (Å²) in [5.74, 6) is 0. The van der Waals surface area contributed by atoms with E-state index in [9.17, 15) is 0 Å². The largest absolute Gasteiger partial charge is 0.379 e. The van der Waals surface area contributed by atoms with Gasteiger partial charge >= 0.3 is 0 Å². The van der Waals surface area contributed by atoms with Gasteiger partial charge in [-0.3, -0.25) is 15.0 Å². The monoisotopic (exact) mass is 538 g/mol. The molecule has 4 aromatic carbocycles. The lowest BCUT2D eigenvalue weighted by Crippen LogP contribution is -2.15. The van der Waals surface area contributed by atoms with E-state index in [0.717, 1.165) is 39.3 Å². The summed E-state index contributed by atoms with van der Waals surface area (Å²) < 4.78 is 0. The summed E-state index contributed by atoms with van der Waals surface area (Å²) in [6, 6.07) is 36.7. The Hall–Kier alpha value is -5.61. The summed E-state index contributed by atoms with van der Waals surface area (Å²) in [6.45, 7) is 0. The van der Waals surface area contributed by atoms with Crippen molar-refractivity contribution in [3.05, 3.63) is 152 Å². The first-order chi connectivity index (χ1) is 20.8. The minimum atomic E-state index is 0.0990.